The SMILES string of the molecule is CCCCCCCCC(C)=C=O. The first-order chi connectivity index (χ1) is 5.81. The molecule has 0 aromatic carbocycles. The number of hydrogen-bond acceptors (Lipinski definition) is 1. The first-order valence-electron chi connectivity index (χ1n) is 5.01. The second kappa shape index (κ2) is 8.55. The Bertz CT molecular complexity index is 143. The Morgan fingerprint density at radius 1 is 1.08 bits per heavy atom. The van der Waals surface area contributed by atoms with E-state index in [1.54, 1.807) is 0 Å². The van der Waals surface area contributed by atoms with Crippen LogP contribution >= 0.6 is 0 Å². The average molecular weight is 168 g/mol. The van der Waals surface area contributed by atoms with Gasteiger partial charge in [0.2, 0.25) is 0 Å². The van der Waals surface area contributed by atoms with E-state index in [1.807, 2.05) is 12.9 Å². The zero-order valence-electron chi connectivity index (χ0n) is 8.36. The van der Waals surface area contributed by atoms with Crippen molar-refractivity contribution < 1.29 is 4.79 Å². The van der Waals surface area contributed by atoms with Crippen molar-refractivity contribution in [3.63, 3.8) is 0 Å². The first-order valence-corrected chi connectivity index (χ1v) is 5.01. The zero-order chi connectivity index (χ0) is 9.23. The third-order valence-corrected chi connectivity index (χ3v) is 2.08. The van der Waals surface area contributed by atoms with Crippen LogP contribution in [-0.2, 0) is 4.79 Å². The van der Waals surface area contributed by atoms with Crippen molar-refractivity contribution in [3.8, 4) is 0 Å². The van der Waals surface area contributed by atoms with Crippen molar-refractivity contribution in [2.45, 2.75) is 58.8 Å². The van der Waals surface area contributed by atoms with E-state index in [1.165, 1.54) is 32.1 Å². The minimum atomic E-state index is 0.866. The molecule has 0 saturated heterocycles. The molecule has 0 aliphatic heterocycles. The minimum absolute atomic E-state index is 0.866. The van der Waals surface area contributed by atoms with Gasteiger partial charge in [-0.3, -0.25) is 0 Å². The molecule has 0 unspecified atom stereocenters. The van der Waals surface area contributed by atoms with Crippen molar-refractivity contribution in [3.05, 3.63) is 5.57 Å². The van der Waals surface area contributed by atoms with Gasteiger partial charge in [-0.05, 0) is 19.8 Å². The highest BCUT2D eigenvalue weighted by molar-refractivity contribution is 5.50. The highest BCUT2D eigenvalue weighted by Crippen LogP contribution is 2.09. The Morgan fingerprint density at radius 2 is 1.67 bits per heavy atom. The molecule has 0 N–H and O–H groups in total. The van der Waals surface area contributed by atoms with E-state index < -0.39 is 0 Å². The van der Waals surface area contributed by atoms with Crippen LogP contribution in [-0.4, -0.2) is 5.94 Å². The molecule has 0 atom stereocenters. The van der Waals surface area contributed by atoms with E-state index in [0.29, 0.717) is 0 Å². The zero-order valence-corrected chi connectivity index (χ0v) is 8.36. The van der Waals surface area contributed by atoms with Gasteiger partial charge in [0.15, 0.2) is 0 Å². The fraction of sp³-hybridized carbons (Fsp3) is 0.818. The van der Waals surface area contributed by atoms with Crippen LogP contribution in [0.3, 0.4) is 0 Å². The van der Waals surface area contributed by atoms with Gasteiger partial charge in [-0.25, -0.2) is 4.79 Å². The Balaban J connectivity index is 3.06. The molecule has 0 spiro atoms. The molecule has 1 nitrogen and oxygen atoms in total. The first kappa shape index (κ1) is 11.4. The van der Waals surface area contributed by atoms with Gasteiger partial charge in [0.1, 0.15) is 5.94 Å². The molecule has 12 heavy (non-hydrogen) atoms. The summed E-state index contributed by atoms with van der Waals surface area (Å²) < 4.78 is 0. The summed E-state index contributed by atoms with van der Waals surface area (Å²) in [6.45, 7) is 4.08. The summed E-state index contributed by atoms with van der Waals surface area (Å²) in [6.07, 6.45) is 8.68. The Morgan fingerprint density at radius 3 is 2.25 bits per heavy atom. The number of hydrogen-bond donors (Lipinski definition) is 0. The lowest BCUT2D eigenvalue weighted by Gasteiger charge is -1.98. The van der Waals surface area contributed by atoms with Crippen molar-refractivity contribution >= 4 is 5.94 Å². The van der Waals surface area contributed by atoms with Gasteiger partial charge in [-0.1, -0.05) is 39.0 Å². The van der Waals surface area contributed by atoms with Gasteiger partial charge in [0, 0.05) is 5.57 Å². The summed E-state index contributed by atoms with van der Waals surface area (Å²) in [6, 6.07) is 0. The smallest absolute Gasteiger partial charge is 0.123 e. The van der Waals surface area contributed by atoms with E-state index in [2.05, 4.69) is 6.92 Å². The fourth-order valence-electron chi connectivity index (χ4n) is 1.22. The summed E-state index contributed by atoms with van der Waals surface area (Å²) in [5.41, 5.74) is 0.866. The van der Waals surface area contributed by atoms with Crippen LogP contribution in [0.4, 0.5) is 0 Å². The molecule has 0 aromatic heterocycles. The summed E-state index contributed by atoms with van der Waals surface area (Å²) >= 11 is 0. The number of rotatable bonds is 7. The minimum Gasteiger partial charge on any atom is -0.234 e. The lowest BCUT2D eigenvalue weighted by atomic mass is 10.1. The van der Waals surface area contributed by atoms with Crippen molar-refractivity contribution in [2.24, 2.45) is 0 Å². The molecule has 0 saturated carbocycles. The third kappa shape index (κ3) is 7.56. The van der Waals surface area contributed by atoms with Crippen LogP contribution in [0.25, 0.3) is 0 Å². The van der Waals surface area contributed by atoms with Crippen LogP contribution in [0.2, 0.25) is 0 Å². The second-order valence-corrected chi connectivity index (χ2v) is 3.40. The molecule has 0 radical (unpaired) electrons. The molecule has 0 heterocycles. The molecule has 0 aliphatic carbocycles. The van der Waals surface area contributed by atoms with Gasteiger partial charge >= 0.3 is 0 Å². The number of carbonyl (C=O) groups excluding carboxylic acids is 1. The van der Waals surface area contributed by atoms with Gasteiger partial charge in [-0.15, -0.1) is 0 Å². The average Bonchev–Trinajstić information content (AvgIpc) is 2.10. The van der Waals surface area contributed by atoms with Gasteiger partial charge in [-0.2, -0.15) is 0 Å². The molecule has 70 valence electrons. The van der Waals surface area contributed by atoms with E-state index in [9.17, 15) is 4.79 Å². The molecule has 0 aliphatic rings. The van der Waals surface area contributed by atoms with Gasteiger partial charge < -0.3 is 0 Å². The van der Waals surface area contributed by atoms with Crippen LogP contribution in [0.15, 0.2) is 5.57 Å². The summed E-state index contributed by atoms with van der Waals surface area (Å²) in [4.78, 5) is 10.1. The maximum atomic E-state index is 10.1. The van der Waals surface area contributed by atoms with Crippen LogP contribution < -0.4 is 0 Å². The normalized spacial score (nSPS) is 9.50. The van der Waals surface area contributed by atoms with E-state index >= 15 is 0 Å². The highest BCUT2D eigenvalue weighted by atomic mass is 16.1. The van der Waals surface area contributed by atoms with Gasteiger partial charge in [0.05, 0.1) is 0 Å². The molecule has 0 rings (SSSR count). The highest BCUT2D eigenvalue weighted by Gasteiger charge is 1.91. The van der Waals surface area contributed by atoms with Crippen LogP contribution in [0.5, 0.6) is 0 Å². The lowest BCUT2D eigenvalue weighted by Crippen LogP contribution is -1.81. The fourth-order valence-corrected chi connectivity index (χ4v) is 1.22. The predicted molar refractivity (Wildman–Crippen MR) is 52.9 cm³/mol. The Kier molecular flexibility index (Phi) is 8.15. The van der Waals surface area contributed by atoms with Crippen molar-refractivity contribution in [2.75, 3.05) is 0 Å². The third-order valence-electron chi connectivity index (χ3n) is 2.08. The number of allylic oxidation sites excluding steroid dienone is 1. The summed E-state index contributed by atoms with van der Waals surface area (Å²) in [7, 11) is 0. The van der Waals surface area contributed by atoms with Crippen molar-refractivity contribution in [1.29, 1.82) is 0 Å². The predicted octanol–water partition coefficient (Wildman–Crippen LogP) is 3.51. The van der Waals surface area contributed by atoms with E-state index in [4.69, 9.17) is 0 Å². The van der Waals surface area contributed by atoms with Crippen molar-refractivity contribution in [1.82, 2.24) is 0 Å². The molecule has 1 heteroatoms. The standard InChI is InChI=1S/C11H20O/c1-3-4-5-6-7-8-9-11(2)10-12/h3-9H2,1-2H3. The lowest BCUT2D eigenvalue weighted by molar-refractivity contribution is 0.563. The molecule has 0 aromatic rings. The maximum Gasteiger partial charge on any atom is 0.123 e. The summed E-state index contributed by atoms with van der Waals surface area (Å²) in [5.74, 6) is 1.93. The molecular formula is C11H20O. The maximum absolute atomic E-state index is 10.1. The summed E-state index contributed by atoms with van der Waals surface area (Å²) in [5, 5.41) is 0. The quantitative estimate of drug-likeness (QED) is 0.420. The Hall–Kier alpha value is -0.550. The monoisotopic (exact) mass is 168 g/mol. The second-order valence-electron chi connectivity index (χ2n) is 3.40. The Labute approximate surface area is 75.9 Å². The van der Waals surface area contributed by atoms with E-state index in [-0.39, 0.29) is 0 Å². The van der Waals surface area contributed by atoms with E-state index in [0.717, 1.165) is 18.4 Å². The molecule has 0 fully saturated rings. The largest absolute Gasteiger partial charge is 0.234 e. The van der Waals surface area contributed by atoms with Crippen LogP contribution in [0.1, 0.15) is 58.8 Å². The molecular weight excluding hydrogens is 148 g/mol. The number of unbranched alkanes of at least 4 members (excludes halogenated alkanes) is 5. The molecule has 0 amide bonds. The van der Waals surface area contributed by atoms with Crippen LogP contribution in [0, 0.1) is 0 Å². The van der Waals surface area contributed by atoms with Gasteiger partial charge in [0.25, 0.3) is 0 Å². The molecule has 0 bridgehead atoms. The topological polar surface area (TPSA) is 17.1 Å².